The predicted molar refractivity (Wildman–Crippen MR) is 71.3 cm³/mol. The highest BCUT2D eigenvalue weighted by Gasteiger charge is 2.14. The van der Waals surface area contributed by atoms with Crippen LogP contribution in [0.15, 0.2) is 23.0 Å². The van der Waals surface area contributed by atoms with Crippen molar-refractivity contribution >= 4 is 11.6 Å². The molecule has 2 aromatic rings. The van der Waals surface area contributed by atoms with E-state index in [4.69, 9.17) is 16.3 Å². The van der Waals surface area contributed by atoms with Crippen molar-refractivity contribution in [3.05, 3.63) is 44.8 Å². The first-order valence-electron chi connectivity index (χ1n) is 5.44. The molecule has 1 N–H and O–H groups in total. The highest BCUT2D eigenvalue weighted by molar-refractivity contribution is 6.29. The third-order valence-corrected chi connectivity index (χ3v) is 3.14. The van der Waals surface area contributed by atoms with E-state index < -0.39 is 0 Å². The average Bonchev–Trinajstić information content (AvgIpc) is 2.35. The van der Waals surface area contributed by atoms with Crippen molar-refractivity contribution in [2.75, 3.05) is 7.11 Å². The molecule has 0 amide bonds. The average molecular weight is 265 g/mol. The molecule has 0 radical (unpaired) electrons. The lowest BCUT2D eigenvalue weighted by atomic mass is 10.00. The summed E-state index contributed by atoms with van der Waals surface area (Å²) in [6, 6.07) is 5.33. The number of hydrogen-bond acceptors (Lipinski definition) is 3. The fourth-order valence-electron chi connectivity index (χ4n) is 1.85. The Labute approximate surface area is 110 Å². The fraction of sp³-hybridized carbons (Fsp3) is 0.231. The SMILES string of the molecule is COc1c(-c2cc(Cl)n[nH]c2=O)ccc(C)c1C. The number of H-pyrrole nitrogens is 1. The van der Waals surface area contributed by atoms with Crippen LogP contribution in [-0.2, 0) is 0 Å². The lowest BCUT2D eigenvalue weighted by molar-refractivity contribution is 0.413. The Bertz CT molecular complexity index is 650. The fourth-order valence-corrected chi connectivity index (χ4v) is 2.00. The minimum absolute atomic E-state index is 0.241. The Balaban J connectivity index is 2.75. The number of halogens is 1. The molecule has 1 aromatic heterocycles. The highest BCUT2D eigenvalue weighted by Crippen LogP contribution is 2.33. The third-order valence-electron chi connectivity index (χ3n) is 2.94. The molecule has 0 fully saturated rings. The molecule has 0 saturated carbocycles. The first-order chi connectivity index (χ1) is 8.54. The maximum atomic E-state index is 11.8. The summed E-state index contributed by atoms with van der Waals surface area (Å²) < 4.78 is 5.39. The number of aryl methyl sites for hydroxylation is 1. The Morgan fingerprint density at radius 3 is 2.67 bits per heavy atom. The van der Waals surface area contributed by atoms with Gasteiger partial charge in [0.15, 0.2) is 0 Å². The molecule has 0 aliphatic heterocycles. The van der Waals surface area contributed by atoms with Crippen LogP contribution in [0.1, 0.15) is 11.1 Å². The van der Waals surface area contributed by atoms with Crippen LogP contribution in [0.4, 0.5) is 0 Å². The highest BCUT2D eigenvalue weighted by atomic mass is 35.5. The maximum Gasteiger partial charge on any atom is 0.272 e. The van der Waals surface area contributed by atoms with Crippen LogP contribution in [0.5, 0.6) is 5.75 Å². The van der Waals surface area contributed by atoms with Gasteiger partial charge in [0, 0.05) is 5.56 Å². The van der Waals surface area contributed by atoms with Gasteiger partial charge in [0.1, 0.15) is 10.9 Å². The van der Waals surface area contributed by atoms with E-state index >= 15 is 0 Å². The maximum absolute atomic E-state index is 11.8. The second-order valence-electron chi connectivity index (χ2n) is 4.02. The van der Waals surface area contributed by atoms with Crippen LogP contribution >= 0.6 is 11.6 Å². The van der Waals surface area contributed by atoms with Gasteiger partial charge in [-0.15, -0.1) is 0 Å². The Hall–Kier alpha value is -1.81. The summed E-state index contributed by atoms with van der Waals surface area (Å²) in [4.78, 5) is 11.8. The molecule has 4 nitrogen and oxygen atoms in total. The standard InChI is InChI=1S/C13H13ClN2O2/c1-7-4-5-9(12(18-3)8(7)2)10-6-11(14)15-16-13(10)17/h4-6H,1-3H3,(H,16,17). The van der Waals surface area contributed by atoms with Crippen LogP contribution in [0.25, 0.3) is 11.1 Å². The van der Waals surface area contributed by atoms with Crippen LogP contribution in [0.3, 0.4) is 0 Å². The quantitative estimate of drug-likeness (QED) is 0.907. The summed E-state index contributed by atoms with van der Waals surface area (Å²) in [5.41, 5.74) is 2.98. The minimum Gasteiger partial charge on any atom is -0.496 e. The molecule has 0 saturated heterocycles. The monoisotopic (exact) mass is 264 g/mol. The Morgan fingerprint density at radius 1 is 1.28 bits per heavy atom. The van der Waals surface area contributed by atoms with Crippen molar-refractivity contribution in [3.63, 3.8) is 0 Å². The Morgan fingerprint density at radius 2 is 2.00 bits per heavy atom. The van der Waals surface area contributed by atoms with Gasteiger partial charge >= 0.3 is 0 Å². The van der Waals surface area contributed by atoms with Crippen molar-refractivity contribution in [1.82, 2.24) is 10.2 Å². The number of rotatable bonds is 2. The van der Waals surface area contributed by atoms with E-state index in [2.05, 4.69) is 10.2 Å². The molecule has 0 spiro atoms. The van der Waals surface area contributed by atoms with E-state index in [-0.39, 0.29) is 10.7 Å². The second kappa shape index (κ2) is 4.82. The van der Waals surface area contributed by atoms with Gasteiger partial charge in [-0.2, -0.15) is 5.10 Å². The third kappa shape index (κ3) is 2.11. The van der Waals surface area contributed by atoms with Crippen LogP contribution in [-0.4, -0.2) is 17.3 Å². The van der Waals surface area contributed by atoms with Gasteiger partial charge in [-0.3, -0.25) is 4.79 Å². The summed E-state index contributed by atoms with van der Waals surface area (Å²) in [5.74, 6) is 0.683. The number of methoxy groups -OCH3 is 1. The molecule has 0 atom stereocenters. The number of benzene rings is 1. The largest absolute Gasteiger partial charge is 0.496 e. The van der Waals surface area contributed by atoms with Gasteiger partial charge < -0.3 is 4.74 Å². The van der Waals surface area contributed by atoms with Gasteiger partial charge in [0.2, 0.25) is 0 Å². The lowest BCUT2D eigenvalue weighted by Crippen LogP contribution is -2.11. The smallest absolute Gasteiger partial charge is 0.272 e. The molecule has 2 rings (SSSR count). The minimum atomic E-state index is -0.291. The zero-order chi connectivity index (χ0) is 13.3. The summed E-state index contributed by atoms with van der Waals surface area (Å²) in [7, 11) is 1.59. The second-order valence-corrected chi connectivity index (χ2v) is 4.41. The molecular weight excluding hydrogens is 252 g/mol. The Kier molecular flexibility index (Phi) is 3.39. The molecule has 1 aromatic carbocycles. The molecule has 0 aliphatic rings. The van der Waals surface area contributed by atoms with Gasteiger partial charge in [-0.25, -0.2) is 5.10 Å². The zero-order valence-corrected chi connectivity index (χ0v) is 11.1. The van der Waals surface area contributed by atoms with Crippen molar-refractivity contribution < 1.29 is 4.74 Å². The topological polar surface area (TPSA) is 55.0 Å². The summed E-state index contributed by atoms with van der Waals surface area (Å²) in [6.45, 7) is 3.94. The number of aromatic amines is 1. The predicted octanol–water partition coefficient (Wildman–Crippen LogP) is 2.72. The number of hydrogen-bond donors (Lipinski definition) is 1. The van der Waals surface area contributed by atoms with E-state index in [0.717, 1.165) is 11.1 Å². The van der Waals surface area contributed by atoms with E-state index in [1.165, 1.54) is 6.07 Å². The van der Waals surface area contributed by atoms with E-state index in [1.54, 1.807) is 7.11 Å². The van der Waals surface area contributed by atoms with Crippen LogP contribution in [0, 0.1) is 13.8 Å². The number of ether oxygens (including phenoxy) is 1. The summed E-state index contributed by atoms with van der Waals surface area (Å²) >= 11 is 5.81. The zero-order valence-electron chi connectivity index (χ0n) is 10.4. The van der Waals surface area contributed by atoms with Crippen LogP contribution in [0.2, 0.25) is 5.15 Å². The van der Waals surface area contributed by atoms with Gasteiger partial charge in [-0.1, -0.05) is 23.7 Å². The first kappa shape index (κ1) is 12.6. The van der Waals surface area contributed by atoms with Gasteiger partial charge in [0.25, 0.3) is 5.56 Å². The molecule has 5 heteroatoms. The van der Waals surface area contributed by atoms with Crippen LogP contribution < -0.4 is 10.3 Å². The number of nitrogens with zero attached hydrogens (tertiary/aromatic N) is 1. The van der Waals surface area contributed by atoms with Crippen molar-refractivity contribution in [2.24, 2.45) is 0 Å². The van der Waals surface area contributed by atoms with E-state index in [0.29, 0.717) is 16.9 Å². The summed E-state index contributed by atoms with van der Waals surface area (Å²) in [6.07, 6.45) is 0. The number of aromatic nitrogens is 2. The molecular formula is C13H13ClN2O2. The number of nitrogens with one attached hydrogen (secondary N) is 1. The molecule has 94 valence electrons. The normalized spacial score (nSPS) is 10.4. The van der Waals surface area contributed by atoms with Gasteiger partial charge in [-0.05, 0) is 31.0 Å². The van der Waals surface area contributed by atoms with Gasteiger partial charge in [0.05, 0.1) is 12.7 Å². The van der Waals surface area contributed by atoms with Crippen molar-refractivity contribution in [1.29, 1.82) is 0 Å². The first-order valence-corrected chi connectivity index (χ1v) is 5.82. The molecule has 1 heterocycles. The van der Waals surface area contributed by atoms with Crippen molar-refractivity contribution in [3.8, 4) is 16.9 Å². The van der Waals surface area contributed by atoms with Crippen molar-refractivity contribution in [2.45, 2.75) is 13.8 Å². The molecule has 18 heavy (non-hydrogen) atoms. The molecule has 0 unspecified atom stereocenters. The molecule has 0 aliphatic carbocycles. The lowest BCUT2D eigenvalue weighted by Gasteiger charge is -2.13. The molecule has 0 bridgehead atoms. The van der Waals surface area contributed by atoms with E-state index in [1.807, 2.05) is 26.0 Å². The van der Waals surface area contributed by atoms with E-state index in [9.17, 15) is 4.79 Å². The summed E-state index contributed by atoms with van der Waals surface area (Å²) in [5, 5.41) is 6.25.